The number of hydrogen-bond donors (Lipinski definition) is 0. The molecule has 1 aliphatic heterocycles. The van der Waals surface area contributed by atoms with Gasteiger partial charge >= 0.3 is 0 Å². The van der Waals surface area contributed by atoms with Crippen molar-refractivity contribution in [1.82, 2.24) is 14.9 Å². The molecule has 0 spiro atoms. The van der Waals surface area contributed by atoms with Gasteiger partial charge in [-0.3, -0.25) is 0 Å². The summed E-state index contributed by atoms with van der Waals surface area (Å²) in [6.45, 7) is 2.33. The standard InChI is InChI=1S/C24H19ClN4OS/c1-16-7-13-20(14-8-16)30-15-21-26-27-24-29(21)28-22(17-5-3-2-4-6-17)23(31-24)18-9-11-19(25)12-10-18/h2-14,23H,15H2,1H3/t23-/m1/s1. The average Bonchev–Trinajstić information content (AvgIpc) is 3.21. The molecule has 1 aliphatic rings. The number of thioether (sulfide) groups is 1. The van der Waals surface area contributed by atoms with Gasteiger partial charge in [-0.05, 0) is 42.3 Å². The van der Waals surface area contributed by atoms with Crippen molar-refractivity contribution in [1.29, 1.82) is 0 Å². The highest BCUT2D eigenvalue weighted by atomic mass is 35.5. The molecule has 5 nitrogen and oxygen atoms in total. The summed E-state index contributed by atoms with van der Waals surface area (Å²) in [4.78, 5) is 0. The number of ether oxygens (including phenoxy) is 1. The molecule has 0 unspecified atom stereocenters. The van der Waals surface area contributed by atoms with E-state index in [1.807, 2.05) is 73.7 Å². The molecule has 0 N–H and O–H groups in total. The van der Waals surface area contributed by atoms with Gasteiger partial charge in [0, 0.05) is 5.02 Å². The maximum Gasteiger partial charge on any atom is 0.213 e. The van der Waals surface area contributed by atoms with E-state index in [1.165, 1.54) is 5.56 Å². The van der Waals surface area contributed by atoms with Crippen LogP contribution in [0.2, 0.25) is 5.02 Å². The molecule has 7 heteroatoms. The molecular weight excluding hydrogens is 428 g/mol. The minimum Gasteiger partial charge on any atom is -0.486 e. The number of nitrogens with zero attached hydrogens (tertiary/aromatic N) is 4. The van der Waals surface area contributed by atoms with Crippen LogP contribution in [0.15, 0.2) is 89.1 Å². The molecule has 4 aromatic rings. The molecule has 0 saturated heterocycles. The topological polar surface area (TPSA) is 52.3 Å². The van der Waals surface area contributed by atoms with Crippen molar-refractivity contribution in [2.45, 2.75) is 23.9 Å². The molecule has 154 valence electrons. The van der Waals surface area contributed by atoms with Gasteiger partial charge in [-0.25, -0.2) is 0 Å². The van der Waals surface area contributed by atoms with Crippen molar-refractivity contribution < 1.29 is 4.74 Å². The number of rotatable bonds is 5. The average molecular weight is 447 g/mol. The summed E-state index contributed by atoms with van der Waals surface area (Å²) in [7, 11) is 0. The van der Waals surface area contributed by atoms with Crippen molar-refractivity contribution in [3.05, 3.63) is 106 Å². The van der Waals surface area contributed by atoms with Crippen LogP contribution in [0, 0.1) is 6.92 Å². The maximum atomic E-state index is 6.10. The maximum absolute atomic E-state index is 6.10. The second kappa shape index (κ2) is 8.57. The summed E-state index contributed by atoms with van der Waals surface area (Å²) in [6.07, 6.45) is 0. The molecular formula is C24H19ClN4OS. The van der Waals surface area contributed by atoms with Crippen molar-refractivity contribution in [3.8, 4) is 5.75 Å². The third kappa shape index (κ3) is 4.22. The van der Waals surface area contributed by atoms with Crippen LogP contribution in [-0.4, -0.2) is 20.6 Å². The Labute approximate surface area is 189 Å². The van der Waals surface area contributed by atoms with E-state index < -0.39 is 0 Å². The number of aryl methyl sites for hydroxylation is 1. The lowest BCUT2D eigenvalue weighted by molar-refractivity contribution is 0.289. The van der Waals surface area contributed by atoms with E-state index in [4.69, 9.17) is 21.4 Å². The Morgan fingerprint density at radius 3 is 2.42 bits per heavy atom. The fourth-order valence-corrected chi connectivity index (χ4v) is 4.60. The molecule has 0 bridgehead atoms. The van der Waals surface area contributed by atoms with E-state index in [0.717, 1.165) is 27.7 Å². The molecule has 0 radical (unpaired) electrons. The van der Waals surface area contributed by atoms with Gasteiger partial charge in [-0.2, -0.15) is 9.78 Å². The van der Waals surface area contributed by atoms with E-state index in [0.29, 0.717) is 10.8 Å². The molecule has 31 heavy (non-hydrogen) atoms. The Bertz CT molecular complexity index is 1220. The zero-order valence-corrected chi connectivity index (χ0v) is 18.3. The van der Waals surface area contributed by atoms with Crippen LogP contribution in [0.5, 0.6) is 5.75 Å². The first kappa shape index (κ1) is 19.8. The molecule has 1 aromatic heterocycles. The first-order valence-corrected chi connectivity index (χ1v) is 11.1. The van der Waals surface area contributed by atoms with Crippen molar-refractivity contribution in [3.63, 3.8) is 0 Å². The Hall–Kier alpha value is -3.09. The molecule has 0 fully saturated rings. The smallest absolute Gasteiger partial charge is 0.213 e. The third-order valence-electron chi connectivity index (χ3n) is 4.99. The van der Waals surface area contributed by atoms with Gasteiger partial charge in [0.1, 0.15) is 12.4 Å². The van der Waals surface area contributed by atoms with Gasteiger partial charge in [-0.1, -0.05) is 83.5 Å². The Morgan fingerprint density at radius 2 is 1.68 bits per heavy atom. The monoisotopic (exact) mass is 446 g/mol. The van der Waals surface area contributed by atoms with Crippen LogP contribution in [-0.2, 0) is 6.61 Å². The summed E-state index contributed by atoms with van der Waals surface area (Å²) < 4.78 is 7.71. The van der Waals surface area contributed by atoms with E-state index >= 15 is 0 Å². The predicted molar refractivity (Wildman–Crippen MR) is 124 cm³/mol. The molecule has 2 heterocycles. The van der Waals surface area contributed by atoms with Gasteiger partial charge < -0.3 is 4.74 Å². The summed E-state index contributed by atoms with van der Waals surface area (Å²) in [5, 5.41) is 15.1. The van der Waals surface area contributed by atoms with Gasteiger partial charge in [0.05, 0.1) is 11.0 Å². The Balaban J connectivity index is 1.49. The lowest BCUT2D eigenvalue weighted by Crippen LogP contribution is -2.19. The van der Waals surface area contributed by atoms with Gasteiger partial charge in [-0.15, -0.1) is 10.2 Å². The Morgan fingerprint density at radius 1 is 0.935 bits per heavy atom. The quantitative estimate of drug-likeness (QED) is 0.382. The second-order valence-corrected chi connectivity index (χ2v) is 8.72. The Kier molecular flexibility index (Phi) is 5.49. The van der Waals surface area contributed by atoms with Crippen LogP contribution in [0.3, 0.4) is 0 Å². The fourth-order valence-electron chi connectivity index (χ4n) is 3.34. The molecule has 0 amide bonds. The highest BCUT2D eigenvalue weighted by Gasteiger charge is 2.30. The number of fused-ring (bicyclic) bond motifs is 1. The van der Waals surface area contributed by atoms with Crippen LogP contribution >= 0.6 is 23.4 Å². The van der Waals surface area contributed by atoms with Crippen LogP contribution < -0.4 is 4.74 Å². The van der Waals surface area contributed by atoms with E-state index in [2.05, 4.69) is 22.3 Å². The molecule has 3 aromatic carbocycles. The largest absolute Gasteiger partial charge is 0.486 e. The number of halogens is 1. The summed E-state index contributed by atoms with van der Waals surface area (Å²) >= 11 is 7.73. The van der Waals surface area contributed by atoms with Crippen molar-refractivity contribution in [2.24, 2.45) is 5.10 Å². The van der Waals surface area contributed by atoms with Crippen LogP contribution in [0.25, 0.3) is 0 Å². The molecule has 0 aliphatic carbocycles. The normalized spacial score (nSPS) is 15.3. The fraction of sp³-hybridized carbons (Fsp3) is 0.125. The molecule has 1 atom stereocenters. The number of hydrogen-bond acceptors (Lipinski definition) is 5. The minimum atomic E-state index is -0.0118. The second-order valence-electron chi connectivity index (χ2n) is 7.21. The highest BCUT2D eigenvalue weighted by Crippen LogP contribution is 2.41. The minimum absolute atomic E-state index is 0.0118. The zero-order valence-electron chi connectivity index (χ0n) is 16.8. The third-order valence-corrected chi connectivity index (χ3v) is 6.44. The van der Waals surface area contributed by atoms with Crippen molar-refractivity contribution >= 4 is 29.1 Å². The first-order valence-electron chi connectivity index (χ1n) is 9.87. The highest BCUT2D eigenvalue weighted by molar-refractivity contribution is 8.00. The van der Waals surface area contributed by atoms with E-state index in [-0.39, 0.29) is 11.9 Å². The molecule has 0 saturated carbocycles. The van der Waals surface area contributed by atoms with Gasteiger partial charge in [0.15, 0.2) is 5.82 Å². The number of benzene rings is 3. The van der Waals surface area contributed by atoms with E-state index in [9.17, 15) is 0 Å². The number of aromatic nitrogens is 3. The molecule has 5 rings (SSSR count). The van der Waals surface area contributed by atoms with Crippen molar-refractivity contribution in [2.75, 3.05) is 0 Å². The summed E-state index contributed by atoms with van der Waals surface area (Å²) in [5.74, 6) is 1.45. The van der Waals surface area contributed by atoms with Crippen LogP contribution in [0.4, 0.5) is 0 Å². The van der Waals surface area contributed by atoms with Crippen LogP contribution in [0.1, 0.15) is 27.8 Å². The van der Waals surface area contributed by atoms with Gasteiger partial charge in [0.2, 0.25) is 5.16 Å². The summed E-state index contributed by atoms with van der Waals surface area (Å²) in [6, 6.07) is 26.0. The lowest BCUT2D eigenvalue weighted by Gasteiger charge is -2.23. The first-order chi connectivity index (χ1) is 15.2. The SMILES string of the molecule is Cc1ccc(OCc2nnc3n2N=C(c2ccccc2)[C@@H](c2ccc(Cl)cc2)S3)cc1. The zero-order chi connectivity index (χ0) is 21.2. The summed E-state index contributed by atoms with van der Waals surface area (Å²) in [5.41, 5.74) is 4.30. The van der Waals surface area contributed by atoms with E-state index in [1.54, 1.807) is 16.4 Å². The lowest BCUT2D eigenvalue weighted by atomic mass is 10.0. The van der Waals surface area contributed by atoms with Gasteiger partial charge in [0.25, 0.3) is 0 Å². The predicted octanol–water partition coefficient (Wildman–Crippen LogP) is 5.92.